The van der Waals surface area contributed by atoms with Gasteiger partial charge in [0.15, 0.2) is 0 Å². The molecule has 38 heavy (non-hydrogen) atoms. The zero-order valence-corrected chi connectivity index (χ0v) is 22.4. The summed E-state index contributed by atoms with van der Waals surface area (Å²) in [6, 6.07) is 16.4. The Morgan fingerprint density at radius 2 is 1.55 bits per heavy atom. The number of anilines is 1. The molecule has 0 fully saturated rings. The normalized spacial score (nSPS) is 16.1. The number of aliphatic carboxylic acids is 1. The molecule has 3 aromatic carbocycles. The number of nitrogens with zero attached hydrogens (tertiary/aromatic N) is 2. The van der Waals surface area contributed by atoms with Crippen molar-refractivity contribution in [2.45, 2.75) is 36.2 Å². The van der Waals surface area contributed by atoms with Crippen molar-refractivity contribution in [3.8, 4) is 17.6 Å². The Morgan fingerprint density at radius 3 is 2.18 bits per heavy atom. The van der Waals surface area contributed by atoms with Crippen LogP contribution < -0.4 is 9.04 Å². The summed E-state index contributed by atoms with van der Waals surface area (Å²) in [4.78, 5) is 12.3. The van der Waals surface area contributed by atoms with Gasteiger partial charge in [-0.05, 0) is 61.9 Å². The van der Waals surface area contributed by atoms with E-state index >= 15 is 0 Å². The number of benzene rings is 3. The minimum Gasteiger partial charge on any atom is -0.481 e. The highest BCUT2D eigenvalue weighted by molar-refractivity contribution is 7.93. The van der Waals surface area contributed by atoms with Crippen molar-refractivity contribution < 1.29 is 31.5 Å². The molecule has 1 N–H and O–H groups in total. The van der Waals surface area contributed by atoms with Gasteiger partial charge in [-0.1, -0.05) is 41.8 Å². The molecular weight excluding hydrogens is 528 g/mol. The predicted molar refractivity (Wildman–Crippen MR) is 142 cm³/mol. The van der Waals surface area contributed by atoms with Crippen molar-refractivity contribution in [3.63, 3.8) is 0 Å². The number of carboxylic acids is 1. The number of rotatable bonds is 7. The first-order chi connectivity index (χ1) is 18.1. The fourth-order valence-corrected chi connectivity index (χ4v) is 7.13. The van der Waals surface area contributed by atoms with E-state index < -0.39 is 38.6 Å². The van der Waals surface area contributed by atoms with E-state index in [1.54, 1.807) is 43.3 Å². The van der Waals surface area contributed by atoms with Crippen LogP contribution >= 0.6 is 0 Å². The van der Waals surface area contributed by atoms with Gasteiger partial charge in [0.1, 0.15) is 18.4 Å². The van der Waals surface area contributed by atoms with Crippen LogP contribution in [-0.4, -0.2) is 51.4 Å². The number of hydrogen-bond donors (Lipinski definition) is 1. The summed E-state index contributed by atoms with van der Waals surface area (Å²) in [5.41, 5.74) is 1.43. The molecule has 0 saturated heterocycles. The fraction of sp³-hybridized carbons (Fsp3) is 0.222. The molecule has 9 nitrogen and oxygen atoms in total. The maximum atomic E-state index is 13.7. The standard InChI is InChI=1S/C27H26N2O7S2/c1-3-4-17-36-22-11-15-24(16-12-22)37(32,33)28-18-21-7-5-6-8-25(21)29(19-26(28)27(30)31)38(34,35)23-13-9-20(2)10-14-23/h5-16,26H,17-19H2,1-2H3,(H,30,31). The first-order valence-electron chi connectivity index (χ1n) is 11.6. The van der Waals surface area contributed by atoms with E-state index in [-0.39, 0.29) is 28.6 Å². The molecule has 1 atom stereocenters. The minimum atomic E-state index is -4.36. The highest BCUT2D eigenvalue weighted by atomic mass is 32.2. The number of ether oxygens (including phenoxy) is 1. The van der Waals surface area contributed by atoms with Crippen molar-refractivity contribution in [2.75, 3.05) is 17.5 Å². The fourth-order valence-electron chi connectivity index (χ4n) is 4.07. The van der Waals surface area contributed by atoms with Gasteiger partial charge >= 0.3 is 5.97 Å². The van der Waals surface area contributed by atoms with Crippen LogP contribution in [0, 0.1) is 18.8 Å². The van der Waals surface area contributed by atoms with E-state index in [0.717, 1.165) is 14.2 Å². The number of para-hydroxylation sites is 1. The second-order valence-electron chi connectivity index (χ2n) is 8.57. The molecule has 1 heterocycles. The van der Waals surface area contributed by atoms with Gasteiger partial charge in [-0.25, -0.2) is 16.8 Å². The van der Waals surface area contributed by atoms with Crippen LogP contribution in [0.1, 0.15) is 18.1 Å². The topological polar surface area (TPSA) is 121 Å². The van der Waals surface area contributed by atoms with Crippen molar-refractivity contribution in [3.05, 3.63) is 83.9 Å². The molecule has 4 rings (SSSR count). The van der Waals surface area contributed by atoms with Crippen LogP contribution in [0.25, 0.3) is 0 Å². The summed E-state index contributed by atoms with van der Waals surface area (Å²) in [6.45, 7) is 2.68. The lowest BCUT2D eigenvalue weighted by atomic mass is 10.2. The lowest BCUT2D eigenvalue weighted by molar-refractivity contribution is -0.141. The van der Waals surface area contributed by atoms with Crippen molar-refractivity contribution in [2.24, 2.45) is 0 Å². The Labute approximate surface area is 222 Å². The Kier molecular flexibility index (Phi) is 7.78. The Balaban J connectivity index is 1.77. The van der Waals surface area contributed by atoms with E-state index in [4.69, 9.17) is 4.74 Å². The first-order valence-corrected chi connectivity index (χ1v) is 14.5. The Hall–Kier alpha value is -3.85. The van der Waals surface area contributed by atoms with Crippen molar-refractivity contribution >= 4 is 31.7 Å². The minimum absolute atomic E-state index is 0.0262. The molecule has 11 heteroatoms. The third-order valence-electron chi connectivity index (χ3n) is 6.09. The Morgan fingerprint density at radius 1 is 0.947 bits per heavy atom. The molecule has 0 aliphatic carbocycles. The van der Waals surface area contributed by atoms with Gasteiger partial charge in [0.05, 0.1) is 22.0 Å². The summed E-state index contributed by atoms with van der Waals surface area (Å²) in [6.07, 6.45) is 0. The van der Waals surface area contributed by atoms with Crippen LogP contribution in [0.15, 0.2) is 82.6 Å². The molecule has 0 radical (unpaired) electrons. The van der Waals surface area contributed by atoms with Gasteiger partial charge in [0.25, 0.3) is 10.0 Å². The van der Waals surface area contributed by atoms with Gasteiger partial charge in [0.2, 0.25) is 10.0 Å². The molecule has 1 unspecified atom stereocenters. The molecule has 0 aromatic heterocycles. The lowest BCUT2D eigenvalue weighted by Gasteiger charge is -2.29. The maximum absolute atomic E-state index is 13.7. The van der Waals surface area contributed by atoms with Gasteiger partial charge in [0, 0.05) is 6.54 Å². The average Bonchev–Trinajstić information content (AvgIpc) is 3.08. The van der Waals surface area contributed by atoms with E-state index in [1.165, 1.54) is 36.4 Å². The number of hydrogen-bond acceptors (Lipinski definition) is 6. The van der Waals surface area contributed by atoms with Crippen LogP contribution in [0.4, 0.5) is 5.69 Å². The third-order valence-corrected chi connectivity index (χ3v) is 9.75. The van der Waals surface area contributed by atoms with E-state index in [9.17, 15) is 26.7 Å². The monoisotopic (exact) mass is 554 g/mol. The second kappa shape index (κ2) is 10.9. The highest BCUT2D eigenvalue weighted by Crippen LogP contribution is 2.35. The zero-order chi connectivity index (χ0) is 27.5. The van der Waals surface area contributed by atoms with Crippen molar-refractivity contribution in [1.29, 1.82) is 0 Å². The molecule has 3 aromatic rings. The maximum Gasteiger partial charge on any atom is 0.323 e. The highest BCUT2D eigenvalue weighted by Gasteiger charge is 2.43. The molecule has 0 amide bonds. The van der Waals surface area contributed by atoms with Crippen LogP contribution in [0.2, 0.25) is 0 Å². The third kappa shape index (κ3) is 5.38. The molecule has 0 bridgehead atoms. The van der Waals surface area contributed by atoms with Gasteiger partial charge in [-0.3, -0.25) is 9.10 Å². The van der Waals surface area contributed by atoms with Gasteiger partial charge in [-0.2, -0.15) is 4.31 Å². The number of fused-ring (bicyclic) bond motifs is 1. The largest absolute Gasteiger partial charge is 0.481 e. The number of aryl methyl sites for hydroxylation is 1. The predicted octanol–water partition coefficient (Wildman–Crippen LogP) is 3.25. The SMILES string of the molecule is CC#CCOc1ccc(S(=O)(=O)N2Cc3ccccc3N(S(=O)(=O)c3ccc(C)cc3)CC2C(=O)O)cc1. The first kappa shape index (κ1) is 27.2. The van der Waals surface area contributed by atoms with E-state index in [1.807, 2.05) is 6.92 Å². The van der Waals surface area contributed by atoms with Crippen molar-refractivity contribution in [1.82, 2.24) is 4.31 Å². The lowest BCUT2D eigenvalue weighted by Crippen LogP contribution is -2.50. The Bertz CT molecular complexity index is 1610. The molecule has 0 saturated carbocycles. The summed E-state index contributed by atoms with van der Waals surface area (Å²) in [5.74, 6) is 4.37. The second-order valence-corrected chi connectivity index (χ2v) is 12.3. The van der Waals surface area contributed by atoms with Gasteiger partial charge < -0.3 is 9.84 Å². The van der Waals surface area contributed by atoms with Crippen LogP contribution in [0.5, 0.6) is 5.75 Å². The molecule has 198 valence electrons. The van der Waals surface area contributed by atoms with E-state index in [0.29, 0.717) is 11.3 Å². The van der Waals surface area contributed by atoms with Gasteiger partial charge in [-0.15, -0.1) is 5.92 Å². The smallest absolute Gasteiger partial charge is 0.323 e. The molecule has 0 spiro atoms. The zero-order valence-electron chi connectivity index (χ0n) is 20.7. The van der Waals surface area contributed by atoms with E-state index in [2.05, 4.69) is 11.8 Å². The molecule has 1 aliphatic rings. The molecular formula is C27H26N2O7S2. The summed E-state index contributed by atoms with van der Waals surface area (Å²) in [5, 5.41) is 10.1. The van der Waals surface area contributed by atoms with Crippen LogP contribution in [-0.2, 0) is 31.4 Å². The average molecular weight is 555 g/mol. The summed E-state index contributed by atoms with van der Waals surface area (Å²) < 4.78 is 62.1. The number of sulfonamides is 2. The quantitative estimate of drug-likeness (QED) is 0.445. The number of carbonyl (C=O) groups is 1. The number of carboxylic acid groups (broad SMARTS) is 1. The molecule has 1 aliphatic heterocycles. The summed E-state index contributed by atoms with van der Waals surface area (Å²) >= 11 is 0. The summed E-state index contributed by atoms with van der Waals surface area (Å²) in [7, 11) is -8.57. The van der Waals surface area contributed by atoms with Crippen LogP contribution in [0.3, 0.4) is 0 Å².